The molecule has 3 nitrogen and oxygen atoms in total. The van der Waals surface area contributed by atoms with Gasteiger partial charge in [-0.15, -0.1) is 0 Å². The minimum atomic E-state index is -0.550. The fourth-order valence-corrected chi connectivity index (χ4v) is 2.71. The first-order chi connectivity index (χ1) is 8.09. The van der Waals surface area contributed by atoms with E-state index in [2.05, 4.69) is 0 Å². The second kappa shape index (κ2) is 5.07. The van der Waals surface area contributed by atoms with Gasteiger partial charge in [-0.25, -0.2) is 0 Å². The summed E-state index contributed by atoms with van der Waals surface area (Å²) >= 11 is 0. The lowest BCUT2D eigenvalue weighted by atomic mass is 9.90. The lowest BCUT2D eigenvalue weighted by Crippen LogP contribution is -2.31. The van der Waals surface area contributed by atoms with Crippen molar-refractivity contribution in [2.24, 2.45) is 11.7 Å². The maximum atomic E-state index is 10.2. The zero-order chi connectivity index (χ0) is 12.4. The molecule has 1 aromatic rings. The summed E-state index contributed by atoms with van der Waals surface area (Å²) in [6.45, 7) is 1.92. The molecule has 2 atom stereocenters. The van der Waals surface area contributed by atoms with Crippen molar-refractivity contribution in [3.8, 4) is 5.75 Å². The summed E-state index contributed by atoms with van der Waals surface area (Å²) in [6, 6.07) is 4.93. The first-order valence-corrected chi connectivity index (χ1v) is 6.33. The fraction of sp³-hybridized carbons (Fsp3) is 0.571. The summed E-state index contributed by atoms with van der Waals surface area (Å²) in [4.78, 5) is 0. The van der Waals surface area contributed by atoms with Gasteiger partial charge in [0.05, 0.1) is 12.1 Å². The molecule has 1 fully saturated rings. The van der Waals surface area contributed by atoms with Crippen molar-refractivity contribution >= 4 is 0 Å². The van der Waals surface area contributed by atoms with Gasteiger partial charge in [0.15, 0.2) is 0 Å². The van der Waals surface area contributed by atoms with E-state index < -0.39 is 12.1 Å². The van der Waals surface area contributed by atoms with Gasteiger partial charge < -0.3 is 15.9 Å². The van der Waals surface area contributed by atoms with Gasteiger partial charge in [0.2, 0.25) is 0 Å². The van der Waals surface area contributed by atoms with Crippen LogP contribution in [0.2, 0.25) is 0 Å². The van der Waals surface area contributed by atoms with Crippen LogP contribution in [0, 0.1) is 12.8 Å². The molecule has 1 aliphatic carbocycles. The van der Waals surface area contributed by atoms with Gasteiger partial charge in [-0.05, 0) is 37.3 Å². The predicted molar refractivity (Wildman–Crippen MR) is 67.7 cm³/mol. The molecule has 17 heavy (non-hydrogen) atoms. The average molecular weight is 235 g/mol. The van der Waals surface area contributed by atoms with Crippen molar-refractivity contribution in [2.75, 3.05) is 0 Å². The van der Waals surface area contributed by atoms with Gasteiger partial charge in [0, 0.05) is 5.56 Å². The quantitative estimate of drug-likeness (QED) is 0.752. The number of benzene rings is 1. The largest absolute Gasteiger partial charge is 0.508 e. The summed E-state index contributed by atoms with van der Waals surface area (Å²) in [5.41, 5.74) is 7.70. The van der Waals surface area contributed by atoms with Crippen LogP contribution in [0.1, 0.15) is 42.9 Å². The molecular formula is C14H21NO2. The second-order valence-corrected chi connectivity index (χ2v) is 5.12. The van der Waals surface area contributed by atoms with Gasteiger partial charge in [-0.1, -0.05) is 25.0 Å². The van der Waals surface area contributed by atoms with Crippen LogP contribution < -0.4 is 5.73 Å². The van der Waals surface area contributed by atoms with E-state index in [0.29, 0.717) is 5.56 Å². The Bertz CT molecular complexity index is 386. The van der Waals surface area contributed by atoms with Crippen LogP contribution >= 0.6 is 0 Å². The number of aliphatic hydroxyl groups is 1. The number of rotatable bonds is 3. The molecule has 3 heteroatoms. The fourth-order valence-electron chi connectivity index (χ4n) is 2.71. The molecule has 94 valence electrons. The number of phenolic OH excluding ortho intramolecular Hbond substituents is 1. The Balaban J connectivity index is 2.15. The Labute approximate surface area is 102 Å². The van der Waals surface area contributed by atoms with E-state index in [1.54, 1.807) is 6.07 Å². The minimum absolute atomic E-state index is 0.189. The summed E-state index contributed by atoms with van der Waals surface area (Å²) in [5.74, 6) is 0.472. The van der Waals surface area contributed by atoms with Crippen molar-refractivity contribution in [3.63, 3.8) is 0 Å². The molecule has 1 saturated carbocycles. The van der Waals surface area contributed by atoms with Crippen molar-refractivity contribution in [3.05, 3.63) is 29.3 Å². The third kappa shape index (κ3) is 2.61. The van der Waals surface area contributed by atoms with E-state index in [4.69, 9.17) is 5.73 Å². The van der Waals surface area contributed by atoms with Crippen LogP contribution in [0.4, 0.5) is 0 Å². The van der Waals surface area contributed by atoms with Crippen molar-refractivity contribution in [2.45, 2.75) is 44.8 Å². The smallest absolute Gasteiger partial charge is 0.120 e. The number of hydrogen-bond donors (Lipinski definition) is 3. The predicted octanol–water partition coefficient (Wildman–Crippen LogP) is 2.25. The van der Waals surface area contributed by atoms with E-state index >= 15 is 0 Å². The molecule has 0 radical (unpaired) electrons. The third-order valence-corrected chi connectivity index (χ3v) is 3.80. The van der Waals surface area contributed by atoms with Crippen LogP contribution in [0.15, 0.2) is 18.2 Å². The van der Waals surface area contributed by atoms with Gasteiger partial charge in [0.25, 0.3) is 0 Å². The Hall–Kier alpha value is -1.06. The number of hydrogen-bond acceptors (Lipinski definition) is 3. The van der Waals surface area contributed by atoms with Gasteiger partial charge in [-0.3, -0.25) is 0 Å². The molecule has 0 saturated heterocycles. The van der Waals surface area contributed by atoms with Crippen LogP contribution in [0.3, 0.4) is 0 Å². The molecule has 1 aromatic carbocycles. The SMILES string of the molecule is Cc1ccc([C@@H](N)[C@@H](O)C2CCCC2)c(O)c1. The first-order valence-electron chi connectivity index (χ1n) is 6.33. The van der Waals surface area contributed by atoms with E-state index in [-0.39, 0.29) is 11.7 Å². The highest BCUT2D eigenvalue weighted by Gasteiger charge is 2.29. The Kier molecular flexibility index (Phi) is 3.69. The van der Waals surface area contributed by atoms with Gasteiger partial charge in [0.1, 0.15) is 5.75 Å². The lowest BCUT2D eigenvalue weighted by molar-refractivity contribution is 0.0836. The van der Waals surface area contributed by atoms with Crippen LogP contribution in [-0.4, -0.2) is 16.3 Å². The standard InChI is InChI=1S/C14H21NO2/c1-9-6-7-11(12(16)8-9)13(15)14(17)10-4-2-3-5-10/h6-8,10,13-14,16-17H,2-5,15H2,1H3/t13-,14+/m1/s1. The van der Waals surface area contributed by atoms with E-state index in [1.807, 2.05) is 19.1 Å². The molecule has 4 N–H and O–H groups in total. The molecule has 2 rings (SSSR count). The normalized spacial score (nSPS) is 20.4. The number of aryl methyl sites for hydroxylation is 1. The van der Waals surface area contributed by atoms with E-state index in [1.165, 1.54) is 12.8 Å². The summed E-state index contributed by atoms with van der Waals surface area (Å²) in [7, 11) is 0. The van der Waals surface area contributed by atoms with Crippen molar-refractivity contribution < 1.29 is 10.2 Å². The summed E-state index contributed by atoms with van der Waals surface area (Å²) in [6.07, 6.45) is 3.89. The molecule has 0 bridgehead atoms. The highest BCUT2D eigenvalue weighted by atomic mass is 16.3. The first kappa shape index (κ1) is 12.4. The van der Waals surface area contributed by atoms with Gasteiger partial charge in [-0.2, -0.15) is 0 Å². The molecule has 1 aliphatic rings. The molecule has 0 unspecified atom stereocenters. The van der Waals surface area contributed by atoms with Crippen LogP contribution in [0.5, 0.6) is 5.75 Å². The zero-order valence-electron chi connectivity index (χ0n) is 10.3. The Morgan fingerprint density at radius 2 is 1.94 bits per heavy atom. The minimum Gasteiger partial charge on any atom is -0.508 e. The second-order valence-electron chi connectivity index (χ2n) is 5.12. The average Bonchev–Trinajstić information content (AvgIpc) is 2.80. The molecule has 0 aliphatic heterocycles. The Morgan fingerprint density at radius 3 is 2.53 bits per heavy atom. The third-order valence-electron chi connectivity index (χ3n) is 3.80. The molecule has 0 amide bonds. The van der Waals surface area contributed by atoms with Crippen molar-refractivity contribution in [1.82, 2.24) is 0 Å². The van der Waals surface area contributed by atoms with Crippen molar-refractivity contribution in [1.29, 1.82) is 0 Å². The lowest BCUT2D eigenvalue weighted by Gasteiger charge is -2.25. The maximum absolute atomic E-state index is 10.2. The maximum Gasteiger partial charge on any atom is 0.120 e. The monoisotopic (exact) mass is 235 g/mol. The highest BCUT2D eigenvalue weighted by Crippen LogP contribution is 2.34. The van der Waals surface area contributed by atoms with Crippen LogP contribution in [0.25, 0.3) is 0 Å². The van der Waals surface area contributed by atoms with E-state index in [9.17, 15) is 10.2 Å². The highest BCUT2D eigenvalue weighted by molar-refractivity contribution is 5.38. The van der Waals surface area contributed by atoms with E-state index in [0.717, 1.165) is 18.4 Å². The number of phenols is 1. The molecule has 0 spiro atoms. The summed E-state index contributed by atoms with van der Waals surface area (Å²) in [5, 5.41) is 20.1. The number of nitrogens with two attached hydrogens (primary N) is 1. The zero-order valence-corrected chi connectivity index (χ0v) is 10.3. The van der Waals surface area contributed by atoms with Gasteiger partial charge >= 0.3 is 0 Å². The molecule has 0 aromatic heterocycles. The summed E-state index contributed by atoms with van der Waals surface area (Å²) < 4.78 is 0. The number of aromatic hydroxyl groups is 1. The molecule has 0 heterocycles. The Morgan fingerprint density at radius 1 is 1.29 bits per heavy atom. The van der Waals surface area contributed by atoms with Crippen LogP contribution in [-0.2, 0) is 0 Å². The molecular weight excluding hydrogens is 214 g/mol. The topological polar surface area (TPSA) is 66.5 Å². The number of aliphatic hydroxyl groups excluding tert-OH is 1.